The van der Waals surface area contributed by atoms with E-state index in [0.29, 0.717) is 5.11 Å². The molecule has 31 heavy (non-hydrogen) atoms. The Morgan fingerprint density at radius 1 is 0.935 bits per heavy atom. The van der Waals surface area contributed by atoms with Gasteiger partial charge in [-0.3, -0.25) is 4.98 Å². The Balaban J connectivity index is 1.53. The largest absolute Gasteiger partial charge is 0.452 e. The van der Waals surface area contributed by atoms with Gasteiger partial charge in [-0.05, 0) is 72.9 Å². The summed E-state index contributed by atoms with van der Waals surface area (Å²) in [6.45, 7) is 0. The Bertz CT molecular complexity index is 1180. The van der Waals surface area contributed by atoms with Crippen molar-refractivity contribution >= 4 is 50.7 Å². The summed E-state index contributed by atoms with van der Waals surface area (Å²) < 4.78 is 7.35. The van der Waals surface area contributed by atoms with E-state index in [1.165, 1.54) is 0 Å². The van der Waals surface area contributed by atoms with Crippen LogP contribution in [0.3, 0.4) is 0 Å². The van der Waals surface area contributed by atoms with Gasteiger partial charge in [0.1, 0.15) is 11.8 Å². The minimum Gasteiger partial charge on any atom is -0.452 e. The van der Waals surface area contributed by atoms with Gasteiger partial charge in [0.2, 0.25) is 0 Å². The predicted octanol–water partition coefficient (Wildman–Crippen LogP) is 6.77. The number of nitrogens with one attached hydrogen (secondary N) is 1. The van der Waals surface area contributed by atoms with Crippen molar-refractivity contribution in [3.63, 3.8) is 0 Å². The van der Waals surface area contributed by atoms with Gasteiger partial charge < -0.3 is 14.6 Å². The van der Waals surface area contributed by atoms with Gasteiger partial charge >= 0.3 is 0 Å². The molecule has 1 N–H and O–H groups in total. The van der Waals surface area contributed by atoms with Crippen molar-refractivity contribution in [1.82, 2.24) is 10.3 Å². The van der Waals surface area contributed by atoms with Crippen molar-refractivity contribution in [2.24, 2.45) is 0 Å². The summed E-state index contributed by atoms with van der Waals surface area (Å²) in [4.78, 5) is 7.83. The second kappa shape index (κ2) is 8.86. The Morgan fingerprint density at radius 2 is 1.71 bits per heavy atom. The van der Waals surface area contributed by atoms with E-state index in [1.54, 1.807) is 18.0 Å². The number of nitrogens with zero attached hydrogens (tertiary/aromatic N) is 2. The summed E-state index contributed by atoms with van der Waals surface area (Å²) in [5.74, 6) is 0.837. The van der Waals surface area contributed by atoms with Crippen LogP contribution in [-0.4, -0.2) is 10.1 Å². The molecular weight excluding hydrogens is 490 g/mol. The molecule has 0 aliphatic carbocycles. The lowest BCUT2D eigenvalue weighted by atomic mass is 10.0. The van der Waals surface area contributed by atoms with Crippen molar-refractivity contribution in [2.75, 3.05) is 4.90 Å². The number of furan rings is 1. The summed E-state index contributed by atoms with van der Waals surface area (Å²) in [7, 11) is 0. The number of aromatic nitrogens is 1. The first-order valence-electron chi connectivity index (χ1n) is 9.78. The van der Waals surface area contributed by atoms with E-state index in [9.17, 15) is 0 Å². The first-order chi connectivity index (χ1) is 15.2. The summed E-state index contributed by atoms with van der Waals surface area (Å²) in [6.07, 6.45) is 1.80. The predicted molar refractivity (Wildman–Crippen MR) is 131 cm³/mol. The topological polar surface area (TPSA) is 41.3 Å². The van der Waals surface area contributed by atoms with Crippen molar-refractivity contribution in [3.05, 3.63) is 107 Å². The molecule has 1 aliphatic rings. The zero-order valence-corrected chi connectivity index (χ0v) is 19.5. The highest BCUT2D eigenvalue weighted by Crippen LogP contribution is 2.43. The Kier molecular flexibility index (Phi) is 5.80. The summed E-state index contributed by atoms with van der Waals surface area (Å²) in [5.41, 5.74) is 1.92. The number of thiocarbonyl (C=S) groups is 1. The van der Waals surface area contributed by atoms with Crippen LogP contribution in [0.2, 0.25) is 0 Å². The van der Waals surface area contributed by atoms with Gasteiger partial charge in [-0.2, -0.15) is 0 Å². The van der Waals surface area contributed by atoms with E-state index < -0.39 is 0 Å². The molecule has 2 aromatic heterocycles. The number of rotatable bonds is 5. The van der Waals surface area contributed by atoms with Gasteiger partial charge in [0.15, 0.2) is 10.2 Å². The molecule has 0 spiro atoms. The van der Waals surface area contributed by atoms with Gasteiger partial charge in [-0.25, -0.2) is 0 Å². The van der Waals surface area contributed by atoms with Crippen molar-refractivity contribution in [1.29, 1.82) is 0 Å². The maximum absolute atomic E-state index is 6.33. The van der Waals surface area contributed by atoms with Gasteiger partial charge in [0.25, 0.3) is 0 Å². The van der Waals surface area contributed by atoms with Gasteiger partial charge in [0, 0.05) is 21.3 Å². The number of halogens is 1. The highest BCUT2D eigenvalue weighted by molar-refractivity contribution is 9.10. The lowest BCUT2D eigenvalue weighted by Crippen LogP contribution is -2.29. The molecular formula is C24H18BrN3OS2. The monoisotopic (exact) mass is 507 g/mol. The molecule has 4 aromatic rings. The maximum atomic E-state index is 6.33. The lowest BCUT2D eigenvalue weighted by molar-refractivity contribution is 0.383. The summed E-state index contributed by atoms with van der Waals surface area (Å²) in [5, 5.41) is 4.95. The smallest absolute Gasteiger partial charge is 0.174 e. The molecule has 4 nitrogen and oxygen atoms in total. The number of pyridine rings is 1. The molecule has 1 saturated heterocycles. The molecule has 154 valence electrons. The third-order valence-electron chi connectivity index (χ3n) is 5.06. The normalized spacial score (nSPS) is 18.2. The maximum Gasteiger partial charge on any atom is 0.174 e. The van der Waals surface area contributed by atoms with Crippen molar-refractivity contribution < 1.29 is 4.42 Å². The average Bonchev–Trinajstić information content (AvgIpc) is 3.40. The molecule has 0 bridgehead atoms. The molecule has 7 heteroatoms. The molecule has 3 heterocycles. The van der Waals surface area contributed by atoms with Crippen LogP contribution in [0.25, 0.3) is 0 Å². The van der Waals surface area contributed by atoms with Crippen molar-refractivity contribution in [3.8, 4) is 0 Å². The first-order valence-corrected chi connectivity index (χ1v) is 11.8. The minimum atomic E-state index is -0.159. The van der Waals surface area contributed by atoms with Crippen LogP contribution in [-0.2, 0) is 0 Å². The fraction of sp³-hybridized carbons (Fsp3) is 0.0833. The van der Waals surface area contributed by atoms with Gasteiger partial charge in [-0.1, -0.05) is 52.0 Å². The van der Waals surface area contributed by atoms with E-state index in [-0.39, 0.29) is 12.1 Å². The standard InChI is InChI=1S/C24H18BrN3OS2/c25-16-9-11-17(12-10-16)28-23(22(27-24(28)30)19-8-4-5-15-26-19)20-13-14-21(29-20)31-18-6-2-1-3-7-18/h1-15,22-23H,(H,27,30)/t22-,23+/m0/s1. The van der Waals surface area contributed by atoms with E-state index >= 15 is 0 Å². The third kappa shape index (κ3) is 4.26. The van der Waals surface area contributed by atoms with Gasteiger partial charge in [0.05, 0.1) is 11.7 Å². The highest BCUT2D eigenvalue weighted by atomic mass is 79.9. The first kappa shape index (κ1) is 20.3. The summed E-state index contributed by atoms with van der Waals surface area (Å²) in [6, 6.07) is 28.0. The Hall–Kier alpha value is -2.61. The quantitative estimate of drug-likeness (QED) is 0.300. The molecule has 1 fully saturated rings. The molecule has 0 radical (unpaired) electrons. The second-order valence-electron chi connectivity index (χ2n) is 7.04. The molecule has 0 saturated carbocycles. The average molecular weight is 508 g/mol. The molecule has 2 aromatic carbocycles. The van der Waals surface area contributed by atoms with Crippen LogP contribution in [0.1, 0.15) is 23.5 Å². The van der Waals surface area contributed by atoms with Crippen LogP contribution in [0, 0.1) is 0 Å². The molecule has 0 amide bonds. The fourth-order valence-corrected chi connectivity index (χ4v) is 5.09. The molecule has 0 unspecified atom stereocenters. The van der Waals surface area contributed by atoms with Crippen LogP contribution >= 0.6 is 39.9 Å². The number of benzene rings is 2. The number of hydrogen-bond acceptors (Lipinski definition) is 4. The lowest BCUT2D eigenvalue weighted by Gasteiger charge is -2.26. The molecule has 5 rings (SSSR count). The second-order valence-corrected chi connectivity index (χ2v) is 9.43. The van der Waals surface area contributed by atoms with E-state index in [2.05, 4.69) is 55.4 Å². The Labute approximate surface area is 198 Å². The minimum absolute atomic E-state index is 0.127. The third-order valence-corrected chi connectivity index (χ3v) is 6.83. The van der Waals surface area contributed by atoms with Crippen LogP contribution in [0.15, 0.2) is 110 Å². The van der Waals surface area contributed by atoms with Crippen LogP contribution in [0.4, 0.5) is 5.69 Å². The van der Waals surface area contributed by atoms with E-state index in [4.69, 9.17) is 16.6 Å². The Morgan fingerprint density at radius 3 is 2.45 bits per heavy atom. The van der Waals surface area contributed by atoms with Gasteiger partial charge in [-0.15, -0.1) is 0 Å². The van der Waals surface area contributed by atoms with Crippen LogP contribution in [0.5, 0.6) is 0 Å². The SMILES string of the molecule is S=C1N[C@@H](c2ccccn2)[C@@H](c2ccc(Sc3ccccc3)o2)N1c1ccc(Br)cc1. The molecule has 1 aliphatic heterocycles. The summed E-state index contributed by atoms with van der Waals surface area (Å²) >= 11 is 10.9. The zero-order valence-electron chi connectivity index (χ0n) is 16.3. The fourth-order valence-electron chi connectivity index (χ4n) is 3.68. The van der Waals surface area contributed by atoms with Crippen molar-refractivity contribution in [2.45, 2.75) is 22.1 Å². The molecule has 2 atom stereocenters. The number of hydrogen-bond donors (Lipinski definition) is 1. The number of anilines is 1. The van der Waals surface area contributed by atoms with Crippen LogP contribution < -0.4 is 10.2 Å². The van der Waals surface area contributed by atoms with E-state index in [1.807, 2.05) is 60.7 Å². The highest BCUT2D eigenvalue weighted by Gasteiger charge is 2.42. The zero-order chi connectivity index (χ0) is 21.2. The van der Waals surface area contributed by atoms with E-state index in [0.717, 1.165) is 31.6 Å².